The van der Waals surface area contributed by atoms with Gasteiger partial charge in [-0.1, -0.05) is 66.7 Å². The lowest BCUT2D eigenvalue weighted by molar-refractivity contribution is -0.120. The second-order valence-electron chi connectivity index (χ2n) is 6.79. The molecule has 0 heterocycles. The highest BCUT2D eigenvalue weighted by molar-refractivity contribution is 7.92. The van der Waals surface area contributed by atoms with Crippen LogP contribution in [0, 0.1) is 0 Å². The minimum atomic E-state index is -3.69. The fraction of sp³-hybridized carbons (Fsp3) is 0.174. The molecule has 0 saturated carbocycles. The van der Waals surface area contributed by atoms with E-state index in [9.17, 15) is 13.2 Å². The van der Waals surface area contributed by atoms with Crippen LogP contribution in [0.5, 0.6) is 5.75 Å². The quantitative estimate of drug-likeness (QED) is 0.602. The molecule has 0 radical (unpaired) electrons. The number of hydrogen-bond donors (Lipinski definition) is 1. The zero-order valence-corrected chi connectivity index (χ0v) is 17.7. The van der Waals surface area contributed by atoms with Crippen LogP contribution in [0.1, 0.15) is 17.2 Å². The Balaban J connectivity index is 1.87. The second-order valence-corrected chi connectivity index (χ2v) is 8.70. The first-order valence-electron chi connectivity index (χ1n) is 9.39. The van der Waals surface area contributed by atoms with E-state index in [1.165, 1.54) is 7.11 Å². The van der Waals surface area contributed by atoms with E-state index < -0.39 is 22.0 Å². The van der Waals surface area contributed by atoms with Gasteiger partial charge in [0.25, 0.3) is 0 Å². The average molecular weight is 425 g/mol. The second kappa shape index (κ2) is 9.45. The molecule has 3 rings (SSSR count). The maximum absolute atomic E-state index is 12.9. The number of methoxy groups -OCH3 is 1. The van der Waals surface area contributed by atoms with E-state index in [0.29, 0.717) is 11.4 Å². The summed E-state index contributed by atoms with van der Waals surface area (Å²) in [5.74, 6) is 0.0916. The summed E-state index contributed by atoms with van der Waals surface area (Å²) in [5, 5.41) is 2.97. The highest BCUT2D eigenvalue weighted by Gasteiger charge is 2.24. The molecule has 3 aromatic carbocycles. The fourth-order valence-electron chi connectivity index (χ4n) is 3.15. The van der Waals surface area contributed by atoms with Crippen molar-refractivity contribution in [3.05, 3.63) is 96.1 Å². The summed E-state index contributed by atoms with van der Waals surface area (Å²) < 4.78 is 31.0. The minimum Gasteiger partial charge on any atom is -0.497 e. The molecule has 0 spiro atoms. The summed E-state index contributed by atoms with van der Waals surface area (Å²) in [6, 6.07) is 25.3. The van der Waals surface area contributed by atoms with Crippen LogP contribution in [0.15, 0.2) is 84.9 Å². The van der Waals surface area contributed by atoms with Crippen molar-refractivity contribution in [2.45, 2.75) is 6.04 Å². The van der Waals surface area contributed by atoms with Gasteiger partial charge in [-0.25, -0.2) is 8.42 Å². The van der Waals surface area contributed by atoms with Gasteiger partial charge in [-0.2, -0.15) is 0 Å². The van der Waals surface area contributed by atoms with Gasteiger partial charge in [-0.05, 0) is 23.3 Å². The molecule has 1 amide bonds. The molecule has 0 aliphatic heterocycles. The topological polar surface area (TPSA) is 75.7 Å². The zero-order chi connectivity index (χ0) is 21.6. The summed E-state index contributed by atoms with van der Waals surface area (Å²) in [4.78, 5) is 12.9. The number of nitrogens with one attached hydrogen (secondary N) is 1. The molecule has 0 bridgehead atoms. The number of sulfonamides is 1. The monoisotopic (exact) mass is 424 g/mol. The van der Waals surface area contributed by atoms with E-state index in [-0.39, 0.29) is 6.54 Å². The van der Waals surface area contributed by atoms with Gasteiger partial charge < -0.3 is 10.1 Å². The first-order valence-corrected chi connectivity index (χ1v) is 11.2. The van der Waals surface area contributed by atoms with Crippen molar-refractivity contribution in [3.8, 4) is 5.75 Å². The van der Waals surface area contributed by atoms with Crippen molar-refractivity contribution in [1.29, 1.82) is 0 Å². The number of amides is 1. The molecule has 0 aromatic heterocycles. The molecule has 0 atom stereocenters. The van der Waals surface area contributed by atoms with Crippen LogP contribution in [-0.2, 0) is 14.8 Å². The number of hydrogen-bond acceptors (Lipinski definition) is 4. The van der Waals surface area contributed by atoms with Crippen LogP contribution in [-0.4, -0.2) is 34.2 Å². The van der Waals surface area contributed by atoms with E-state index in [2.05, 4.69) is 5.32 Å². The Morgan fingerprint density at radius 3 is 2.00 bits per heavy atom. The van der Waals surface area contributed by atoms with Crippen LogP contribution < -0.4 is 14.4 Å². The van der Waals surface area contributed by atoms with Crippen molar-refractivity contribution in [2.24, 2.45) is 0 Å². The summed E-state index contributed by atoms with van der Waals surface area (Å²) in [6.07, 6.45) is 1.08. The molecule has 6 nitrogen and oxygen atoms in total. The van der Waals surface area contributed by atoms with Crippen molar-refractivity contribution in [2.75, 3.05) is 24.2 Å². The third-order valence-electron chi connectivity index (χ3n) is 4.60. The summed E-state index contributed by atoms with van der Waals surface area (Å²) in [7, 11) is -2.19. The predicted octanol–water partition coefficient (Wildman–Crippen LogP) is 3.37. The molecule has 0 saturated heterocycles. The molecule has 0 aliphatic carbocycles. The van der Waals surface area contributed by atoms with Gasteiger partial charge in [0.1, 0.15) is 12.3 Å². The highest BCUT2D eigenvalue weighted by atomic mass is 32.2. The van der Waals surface area contributed by atoms with Crippen LogP contribution in [0.25, 0.3) is 0 Å². The molecule has 0 aliphatic rings. The molecular formula is C23H24N2O4S. The lowest BCUT2D eigenvalue weighted by Crippen LogP contribution is -2.41. The molecular weight excluding hydrogens is 400 g/mol. The third-order valence-corrected chi connectivity index (χ3v) is 5.74. The lowest BCUT2D eigenvalue weighted by atomic mass is 9.99. The van der Waals surface area contributed by atoms with E-state index in [0.717, 1.165) is 21.7 Å². The number of anilines is 1. The molecule has 7 heteroatoms. The molecule has 3 aromatic rings. The van der Waals surface area contributed by atoms with Gasteiger partial charge in [0, 0.05) is 6.07 Å². The van der Waals surface area contributed by atoms with Crippen LogP contribution in [0.4, 0.5) is 5.69 Å². The Labute approximate surface area is 177 Å². The molecule has 0 unspecified atom stereocenters. The van der Waals surface area contributed by atoms with Crippen LogP contribution in [0.2, 0.25) is 0 Å². The number of ether oxygens (including phenoxy) is 1. The molecule has 0 fully saturated rings. The van der Waals surface area contributed by atoms with Crippen molar-refractivity contribution < 1.29 is 17.9 Å². The highest BCUT2D eigenvalue weighted by Crippen LogP contribution is 2.24. The third kappa shape index (κ3) is 5.39. The van der Waals surface area contributed by atoms with Crippen molar-refractivity contribution >= 4 is 21.6 Å². The zero-order valence-electron chi connectivity index (χ0n) is 16.9. The molecule has 30 heavy (non-hydrogen) atoms. The summed E-state index contributed by atoms with van der Waals surface area (Å²) in [5.41, 5.74) is 2.18. The van der Waals surface area contributed by atoms with Gasteiger partial charge in [-0.3, -0.25) is 9.10 Å². The van der Waals surface area contributed by atoms with E-state index in [4.69, 9.17) is 4.74 Å². The number of nitrogens with zero attached hydrogens (tertiary/aromatic N) is 1. The molecule has 1 N–H and O–H groups in total. The maximum Gasteiger partial charge on any atom is 0.241 e. The molecule has 156 valence electrons. The standard InChI is InChI=1S/C23H24N2O4S/c1-29-21-15-9-14-20(16-21)25(30(2,27)28)17-22(26)24-23(18-10-5-3-6-11-18)19-12-7-4-8-13-19/h3-16,23H,17H2,1-2H3,(H,24,26). The normalized spacial score (nSPS) is 11.2. The Morgan fingerprint density at radius 1 is 0.933 bits per heavy atom. The van der Waals surface area contributed by atoms with Gasteiger partial charge >= 0.3 is 0 Å². The van der Waals surface area contributed by atoms with Gasteiger partial charge in [0.2, 0.25) is 15.9 Å². The van der Waals surface area contributed by atoms with Crippen LogP contribution in [0.3, 0.4) is 0 Å². The number of rotatable bonds is 8. The smallest absolute Gasteiger partial charge is 0.241 e. The summed E-state index contributed by atoms with van der Waals surface area (Å²) in [6.45, 7) is -0.345. The maximum atomic E-state index is 12.9. The van der Waals surface area contributed by atoms with E-state index in [1.807, 2.05) is 60.7 Å². The lowest BCUT2D eigenvalue weighted by Gasteiger charge is -2.25. The van der Waals surface area contributed by atoms with Gasteiger partial charge in [0.05, 0.1) is 25.1 Å². The largest absolute Gasteiger partial charge is 0.497 e. The van der Waals surface area contributed by atoms with Gasteiger partial charge in [0.15, 0.2) is 0 Å². The minimum absolute atomic E-state index is 0.345. The number of carbonyl (C=O) groups excluding carboxylic acids is 1. The Bertz CT molecular complexity index is 1050. The van der Waals surface area contributed by atoms with E-state index in [1.54, 1.807) is 24.3 Å². The first-order chi connectivity index (χ1) is 14.4. The van der Waals surface area contributed by atoms with E-state index >= 15 is 0 Å². The van der Waals surface area contributed by atoms with Crippen molar-refractivity contribution in [3.63, 3.8) is 0 Å². The van der Waals surface area contributed by atoms with Crippen LogP contribution >= 0.6 is 0 Å². The fourth-order valence-corrected chi connectivity index (χ4v) is 4.00. The Kier molecular flexibility index (Phi) is 6.74. The Morgan fingerprint density at radius 2 is 1.50 bits per heavy atom. The first kappa shape index (κ1) is 21.4. The summed E-state index contributed by atoms with van der Waals surface area (Å²) >= 11 is 0. The number of carbonyl (C=O) groups is 1. The predicted molar refractivity (Wildman–Crippen MR) is 118 cm³/mol. The Hall–Kier alpha value is -3.32. The average Bonchev–Trinajstić information content (AvgIpc) is 2.76. The van der Waals surface area contributed by atoms with Crippen molar-refractivity contribution in [1.82, 2.24) is 5.32 Å². The SMILES string of the molecule is COc1cccc(N(CC(=O)NC(c2ccccc2)c2ccccc2)S(C)(=O)=O)c1. The van der Waals surface area contributed by atoms with Gasteiger partial charge in [-0.15, -0.1) is 0 Å². The number of benzene rings is 3.